The Morgan fingerprint density at radius 3 is 1.78 bits per heavy atom. The Bertz CT molecular complexity index is 1820. The number of nitrogens with zero attached hydrogens (tertiary/aromatic N) is 4. The maximum atomic E-state index is 13.0. The van der Waals surface area contributed by atoms with Crippen LogP contribution in [0.1, 0.15) is 26.5 Å². The van der Waals surface area contributed by atoms with Gasteiger partial charge < -0.3 is 10.6 Å². The largest absolute Gasteiger partial charge is 0.347 e. The minimum atomic E-state index is -0.464. The molecule has 0 saturated heterocycles. The Labute approximate surface area is 210 Å². The summed E-state index contributed by atoms with van der Waals surface area (Å²) in [5.41, 5.74) is 0.946. The molecule has 0 aliphatic rings. The molecule has 184 valence electrons. The second-order valence-electron chi connectivity index (χ2n) is 8.48. The van der Waals surface area contributed by atoms with Gasteiger partial charge in [-0.3, -0.25) is 19.2 Å². The van der Waals surface area contributed by atoms with Gasteiger partial charge in [-0.1, -0.05) is 48.5 Å². The number of hydrogen-bond acceptors (Lipinski definition) is 6. The molecule has 5 aromatic rings. The summed E-state index contributed by atoms with van der Waals surface area (Å²) in [5.74, 6) is -0.893. The van der Waals surface area contributed by atoms with Gasteiger partial charge in [0.15, 0.2) is 11.4 Å². The third-order valence-corrected chi connectivity index (χ3v) is 5.98. The van der Waals surface area contributed by atoms with E-state index in [1.54, 1.807) is 66.7 Å². The number of carbonyl (C=O) groups is 2. The van der Waals surface area contributed by atoms with Gasteiger partial charge in [-0.15, -0.1) is 0 Å². The summed E-state index contributed by atoms with van der Waals surface area (Å²) in [6, 6.07) is 20.6. The van der Waals surface area contributed by atoms with Gasteiger partial charge >= 0.3 is 0 Å². The molecule has 0 unspecified atom stereocenters. The van der Waals surface area contributed by atoms with E-state index in [2.05, 4.69) is 20.8 Å². The molecule has 2 N–H and O–H groups in total. The summed E-state index contributed by atoms with van der Waals surface area (Å²) in [6.45, 7) is 0.169. The Kier molecular flexibility index (Phi) is 6.06. The van der Waals surface area contributed by atoms with Crippen LogP contribution < -0.4 is 21.8 Å². The Hall–Kier alpha value is -5.12. The van der Waals surface area contributed by atoms with Crippen LogP contribution in [0.25, 0.3) is 21.5 Å². The molecule has 2 amide bonds. The topological polar surface area (TPSA) is 128 Å². The summed E-state index contributed by atoms with van der Waals surface area (Å²) in [6.07, 6.45) is 0. The molecule has 2 aromatic heterocycles. The van der Waals surface area contributed by atoms with Crippen LogP contribution in [0.2, 0.25) is 0 Å². The van der Waals surface area contributed by atoms with Crippen molar-refractivity contribution >= 4 is 39.0 Å². The number of amides is 2. The summed E-state index contributed by atoms with van der Waals surface area (Å²) < 4.78 is 2.28. The molecule has 10 heteroatoms. The predicted molar refractivity (Wildman–Crippen MR) is 140 cm³/mol. The summed E-state index contributed by atoms with van der Waals surface area (Å²) in [4.78, 5) is 50.7. The Morgan fingerprint density at radius 1 is 0.703 bits per heavy atom. The van der Waals surface area contributed by atoms with Gasteiger partial charge in [-0.2, -0.15) is 10.2 Å². The summed E-state index contributed by atoms with van der Waals surface area (Å²) in [5, 5.41) is 15.7. The van der Waals surface area contributed by atoms with Crippen molar-refractivity contribution in [2.45, 2.75) is 6.54 Å². The van der Waals surface area contributed by atoms with E-state index in [1.165, 1.54) is 14.1 Å². The first-order chi connectivity index (χ1) is 17.8. The fraction of sp³-hybridized carbons (Fsp3) is 0.111. The number of fused-ring (bicyclic) bond motifs is 2. The van der Waals surface area contributed by atoms with E-state index >= 15 is 0 Å². The van der Waals surface area contributed by atoms with Gasteiger partial charge in [-0.25, -0.2) is 9.36 Å². The standard InChI is InChI=1S/C27H22N6O4/c1-32-26(36)20-12-5-3-10-18(20)22(30-32)24(34)28-15-16-8-7-9-17(14-16)29-25(35)23-19-11-4-6-13-21(19)27(37)33(2)31-23/h3-14H,15H2,1-2H3,(H,28,34)(H,29,35). The first-order valence-corrected chi connectivity index (χ1v) is 11.4. The lowest BCUT2D eigenvalue weighted by Crippen LogP contribution is -2.29. The number of rotatable bonds is 5. The highest BCUT2D eigenvalue weighted by atomic mass is 16.2. The fourth-order valence-corrected chi connectivity index (χ4v) is 4.15. The van der Waals surface area contributed by atoms with E-state index in [0.29, 0.717) is 27.2 Å². The molecular formula is C27H22N6O4. The molecule has 0 aliphatic carbocycles. The molecule has 0 saturated carbocycles. The molecule has 0 fully saturated rings. The lowest BCUT2D eigenvalue weighted by atomic mass is 10.1. The zero-order chi connectivity index (χ0) is 26.1. The summed E-state index contributed by atoms with van der Waals surface area (Å²) in [7, 11) is 3.00. The highest BCUT2D eigenvalue weighted by molar-refractivity contribution is 6.11. The minimum absolute atomic E-state index is 0.129. The molecule has 0 spiro atoms. The van der Waals surface area contributed by atoms with Crippen LogP contribution in [0.15, 0.2) is 82.4 Å². The van der Waals surface area contributed by atoms with E-state index in [1.807, 2.05) is 6.07 Å². The van der Waals surface area contributed by atoms with Crippen LogP contribution in [0.3, 0.4) is 0 Å². The van der Waals surface area contributed by atoms with Gasteiger partial charge in [0.05, 0.1) is 10.8 Å². The molecular weight excluding hydrogens is 472 g/mol. The number of carbonyl (C=O) groups excluding carboxylic acids is 2. The van der Waals surface area contributed by atoms with Crippen molar-refractivity contribution in [1.29, 1.82) is 0 Å². The fourth-order valence-electron chi connectivity index (χ4n) is 4.15. The molecule has 10 nitrogen and oxygen atoms in total. The third-order valence-electron chi connectivity index (χ3n) is 5.98. The normalized spacial score (nSPS) is 11.0. The van der Waals surface area contributed by atoms with Gasteiger partial charge in [0.25, 0.3) is 22.9 Å². The molecule has 0 atom stereocenters. The van der Waals surface area contributed by atoms with Crippen LogP contribution in [0.4, 0.5) is 5.69 Å². The zero-order valence-corrected chi connectivity index (χ0v) is 20.1. The second-order valence-corrected chi connectivity index (χ2v) is 8.48. The average molecular weight is 495 g/mol. The monoisotopic (exact) mass is 494 g/mol. The lowest BCUT2D eigenvalue weighted by Gasteiger charge is -2.11. The molecule has 0 radical (unpaired) electrons. The van der Waals surface area contributed by atoms with Gasteiger partial charge in [0.1, 0.15) is 0 Å². The average Bonchev–Trinajstić information content (AvgIpc) is 2.91. The zero-order valence-electron chi connectivity index (χ0n) is 20.1. The molecule has 37 heavy (non-hydrogen) atoms. The molecule has 2 heterocycles. The van der Waals surface area contributed by atoms with Crippen molar-refractivity contribution < 1.29 is 9.59 Å². The van der Waals surface area contributed by atoms with Crippen molar-refractivity contribution in [2.24, 2.45) is 14.1 Å². The van der Waals surface area contributed by atoms with Crippen LogP contribution in [-0.4, -0.2) is 31.4 Å². The van der Waals surface area contributed by atoms with Crippen LogP contribution in [-0.2, 0) is 20.6 Å². The SMILES string of the molecule is Cn1nc(C(=O)NCc2cccc(NC(=O)c3nn(C)c(=O)c4ccccc34)c2)c2ccccc2c1=O. The van der Waals surface area contributed by atoms with Crippen LogP contribution in [0, 0.1) is 0 Å². The molecule has 0 aliphatic heterocycles. The number of nitrogens with one attached hydrogen (secondary N) is 2. The maximum Gasteiger partial charge on any atom is 0.276 e. The number of benzene rings is 3. The van der Waals surface area contributed by atoms with Gasteiger partial charge in [-0.05, 0) is 29.8 Å². The van der Waals surface area contributed by atoms with E-state index in [0.717, 1.165) is 14.9 Å². The maximum absolute atomic E-state index is 13.0. The van der Waals surface area contributed by atoms with Gasteiger partial charge in [0.2, 0.25) is 0 Å². The predicted octanol–water partition coefficient (Wildman–Crippen LogP) is 2.36. The van der Waals surface area contributed by atoms with Gasteiger partial charge in [0, 0.05) is 37.1 Å². The van der Waals surface area contributed by atoms with E-state index in [9.17, 15) is 19.2 Å². The van der Waals surface area contributed by atoms with Crippen molar-refractivity contribution in [3.05, 3.63) is 110 Å². The van der Waals surface area contributed by atoms with Crippen molar-refractivity contribution in [3.8, 4) is 0 Å². The lowest BCUT2D eigenvalue weighted by molar-refractivity contribution is 0.0944. The van der Waals surface area contributed by atoms with Crippen molar-refractivity contribution in [1.82, 2.24) is 24.9 Å². The number of anilines is 1. The molecule has 0 bridgehead atoms. The van der Waals surface area contributed by atoms with Crippen LogP contribution >= 0.6 is 0 Å². The Morgan fingerprint density at radius 2 is 1.22 bits per heavy atom. The molecule has 3 aromatic carbocycles. The molecule has 5 rings (SSSR count). The van der Waals surface area contributed by atoms with Crippen LogP contribution in [0.5, 0.6) is 0 Å². The number of hydrogen-bond donors (Lipinski definition) is 2. The number of aromatic nitrogens is 4. The second kappa shape index (κ2) is 9.50. The first kappa shape index (κ1) is 23.6. The van der Waals surface area contributed by atoms with Crippen molar-refractivity contribution in [2.75, 3.05) is 5.32 Å². The smallest absolute Gasteiger partial charge is 0.276 e. The van der Waals surface area contributed by atoms with Crippen molar-refractivity contribution in [3.63, 3.8) is 0 Å². The van der Waals surface area contributed by atoms with E-state index in [4.69, 9.17) is 0 Å². The third kappa shape index (κ3) is 4.47. The van der Waals surface area contributed by atoms with E-state index < -0.39 is 11.8 Å². The van der Waals surface area contributed by atoms with E-state index in [-0.39, 0.29) is 29.1 Å². The highest BCUT2D eigenvalue weighted by Gasteiger charge is 2.17. The number of aryl methyl sites for hydroxylation is 2. The summed E-state index contributed by atoms with van der Waals surface area (Å²) >= 11 is 0. The quantitative estimate of drug-likeness (QED) is 0.386. The first-order valence-electron chi connectivity index (χ1n) is 11.4. The minimum Gasteiger partial charge on any atom is -0.347 e. The highest BCUT2D eigenvalue weighted by Crippen LogP contribution is 2.17. The Balaban J connectivity index is 1.35.